The first kappa shape index (κ1) is 81.5. The van der Waals surface area contributed by atoms with E-state index in [0.717, 1.165) is 154 Å². The zero-order chi connectivity index (χ0) is 62.4. The van der Waals surface area contributed by atoms with E-state index in [2.05, 4.69) is 118 Å². The smallest absolute Gasteiger partial charge is 0.463 e. The van der Waals surface area contributed by atoms with Crippen molar-refractivity contribution in [1.29, 1.82) is 0 Å². The quantitative estimate of drug-likeness (QED) is 0.0146. The van der Waals surface area contributed by atoms with Crippen molar-refractivity contribution < 1.29 is 75.8 Å². The molecule has 0 aromatic rings. The van der Waals surface area contributed by atoms with Crippen LogP contribution in [0.1, 0.15) is 252 Å². The molecule has 85 heavy (non-hydrogen) atoms. The first-order chi connectivity index (χ1) is 41.2. The lowest BCUT2D eigenvalue weighted by atomic mass is 10.1. The number of rotatable bonds is 61. The van der Waals surface area contributed by atoms with E-state index in [0.29, 0.717) is 19.3 Å². The Morgan fingerprint density at radius 2 is 0.624 bits per heavy atom. The number of carbonyl (C=O) groups excluding carboxylic acids is 3. The normalized spacial score (nSPS) is 15.0. The summed E-state index contributed by atoms with van der Waals surface area (Å²) < 4.78 is 60.7. The minimum atomic E-state index is -4.92. The Bertz CT molecular complexity index is 1940. The number of aliphatic hydroxyl groups is 2. The first-order valence-corrected chi connectivity index (χ1v) is 35.5. The predicted molar refractivity (Wildman–Crippen MR) is 344 cm³/mol. The maximum Gasteiger partial charge on any atom is 0.472 e. The molecular formula is C67H116O16P2. The van der Waals surface area contributed by atoms with Gasteiger partial charge in [-0.15, -0.1) is 0 Å². The van der Waals surface area contributed by atoms with E-state index in [1.165, 1.54) is 38.5 Å². The minimum absolute atomic E-state index is 0.104. The Labute approximate surface area is 514 Å². The number of unbranched alkanes of at least 4 members (excludes halogenated alkanes) is 22. The molecule has 0 aromatic heterocycles. The van der Waals surface area contributed by atoms with E-state index in [1.807, 2.05) is 0 Å². The minimum Gasteiger partial charge on any atom is -0.463 e. The third kappa shape index (κ3) is 61.9. The van der Waals surface area contributed by atoms with Crippen molar-refractivity contribution in [2.45, 2.75) is 270 Å². The van der Waals surface area contributed by atoms with Crippen LogP contribution >= 0.6 is 15.6 Å². The molecular weight excluding hydrogens is 1120 g/mol. The van der Waals surface area contributed by atoms with Crippen LogP contribution in [-0.2, 0) is 55.8 Å². The standard InChI is InChI=1S/C67H116O16P2/c1-4-7-10-13-16-19-22-24-26-28-29-30-31-33-35-36-39-41-44-47-50-53-65(70)77-56-62(68)57-79-84(73,74)80-58-63(69)59-81-85(75,76)82-61-64(83-67(72)55-52-49-46-43-38-21-18-15-12-9-6-3)60-78-66(71)54-51-48-45-42-40-37-34-32-27-25-23-20-17-14-11-8-5-2/h7-8,10-11,16-17,19-20,24-27,29-30,33,35,62-64,68-69H,4-6,9,12-15,18,21-23,28,31-32,34,36-61H2,1-3H3,(H,73,74)(H,75,76)/b10-7-,11-8-,19-16-,20-17-,26-24-,27-25-,30-29-,35-33-. The van der Waals surface area contributed by atoms with Gasteiger partial charge in [0.25, 0.3) is 0 Å². The number of phosphoric acid groups is 2. The number of hydrogen-bond acceptors (Lipinski definition) is 14. The van der Waals surface area contributed by atoms with Gasteiger partial charge >= 0.3 is 33.6 Å². The van der Waals surface area contributed by atoms with Gasteiger partial charge in [0.15, 0.2) is 6.10 Å². The molecule has 0 heterocycles. The van der Waals surface area contributed by atoms with Crippen LogP contribution in [0, 0.1) is 0 Å². The molecule has 0 saturated carbocycles. The van der Waals surface area contributed by atoms with Crippen LogP contribution in [-0.4, -0.2) is 95.9 Å². The highest BCUT2D eigenvalue weighted by atomic mass is 31.2. The highest BCUT2D eigenvalue weighted by Gasteiger charge is 2.29. The molecule has 0 fully saturated rings. The summed E-state index contributed by atoms with van der Waals surface area (Å²) in [6.45, 7) is 2.39. The SMILES string of the molecule is CC/C=C\C/C=C\C/C=C\C/C=C\C/C=C\CCCCCCCC(=O)OCC(O)COP(=O)(O)OCC(O)COP(=O)(O)OCC(COC(=O)CCCCCCCCC/C=C\C/C=C\C/C=C\CC)OC(=O)CCCCCCCCCCCCC. The maximum atomic E-state index is 12.9. The Hall–Kier alpha value is -3.53. The van der Waals surface area contributed by atoms with Crippen molar-refractivity contribution in [1.82, 2.24) is 0 Å². The number of ether oxygens (including phenoxy) is 3. The second-order valence-corrected chi connectivity index (χ2v) is 24.4. The second-order valence-electron chi connectivity index (χ2n) is 21.5. The van der Waals surface area contributed by atoms with Gasteiger partial charge in [-0.1, -0.05) is 234 Å². The molecule has 0 bridgehead atoms. The van der Waals surface area contributed by atoms with Crippen LogP contribution in [0.5, 0.6) is 0 Å². The summed E-state index contributed by atoms with van der Waals surface area (Å²) in [4.78, 5) is 58.2. The molecule has 0 aliphatic carbocycles. The highest BCUT2D eigenvalue weighted by molar-refractivity contribution is 7.47. The molecule has 0 spiro atoms. The van der Waals surface area contributed by atoms with Gasteiger partial charge < -0.3 is 34.2 Å². The third-order valence-corrected chi connectivity index (χ3v) is 15.2. The van der Waals surface area contributed by atoms with E-state index in [-0.39, 0.29) is 19.3 Å². The molecule has 0 aliphatic heterocycles. The number of allylic oxidation sites excluding steroid dienone is 16. The molecule has 0 saturated heterocycles. The van der Waals surface area contributed by atoms with Gasteiger partial charge in [-0.25, -0.2) is 9.13 Å². The van der Waals surface area contributed by atoms with Gasteiger partial charge in [0.2, 0.25) is 0 Å². The van der Waals surface area contributed by atoms with Crippen molar-refractivity contribution in [3.05, 3.63) is 97.2 Å². The largest absolute Gasteiger partial charge is 0.472 e. The van der Waals surface area contributed by atoms with E-state index in [9.17, 15) is 43.5 Å². The fraction of sp³-hybridized carbons (Fsp3) is 0.716. The highest BCUT2D eigenvalue weighted by Crippen LogP contribution is 2.45. The van der Waals surface area contributed by atoms with Crippen molar-refractivity contribution in [2.24, 2.45) is 0 Å². The zero-order valence-corrected chi connectivity index (χ0v) is 54.5. The molecule has 16 nitrogen and oxygen atoms in total. The lowest BCUT2D eigenvalue weighted by molar-refractivity contribution is -0.161. The summed E-state index contributed by atoms with van der Waals surface area (Å²) in [5, 5.41) is 20.5. The molecule has 18 heteroatoms. The molecule has 0 aliphatic rings. The third-order valence-electron chi connectivity index (χ3n) is 13.3. The van der Waals surface area contributed by atoms with E-state index in [4.69, 9.17) is 32.3 Å². The van der Waals surface area contributed by atoms with Gasteiger partial charge in [0.1, 0.15) is 25.4 Å². The summed E-state index contributed by atoms with van der Waals surface area (Å²) in [7, 11) is -9.77. The van der Waals surface area contributed by atoms with Crippen LogP contribution in [0.25, 0.3) is 0 Å². The van der Waals surface area contributed by atoms with Crippen molar-refractivity contribution in [3.8, 4) is 0 Å². The molecule has 490 valence electrons. The number of hydrogen-bond donors (Lipinski definition) is 4. The van der Waals surface area contributed by atoms with Crippen LogP contribution in [0.2, 0.25) is 0 Å². The summed E-state index contributed by atoms with van der Waals surface area (Å²) in [6, 6.07) is 0. The van der Waals surface area contributed by atoms with Crippen LogP contribution < -0.4 is 0 Å². The molecule has 4 N–H and O–H groups in total. The van der Waals surface area contributed by atoms with Crippen LogP contribution in [0.15, 0.2) is 97.2 Å². The van der Waals surface area contributed by atoms with Gasteiger partial charge in [0.05, 0.1) is 26.4 Å². The second kappa shape index (κ2) is 60.7. The first-order valence-electron chi connectivity index (χ1n) is 32.5. The van der Waals surface area contributed by atoms with Crippen molar-refractivity contribution in [3.63, 3.8) is 0 Å². The number of phosphoric ester groups is 2. The molecule has 5 unspecified atom stereocenters. The van der Waals surface area contributed by atoms with E-state index in [1.54, 1.807) is 0 Å². The Morgan fingerprint density at radius 1 is 0.341 bits per heavy atom. The summed E-state index contributed by atoms with van der Waals surface area (Å²) in [5.41, 5.74) is 0. The average Bonchev–Trinajstić information content (AvgIpc) is 3.60. The van der Waals surface area contributed by atoms with Crippen molar-refractivity contribution >= 4 is 33.6 Å². The lowest BCUT2D eigenvalue weighted by Crippen LogP contribution is -2.30. The van der Waals surface area contributed by atoms with Gasteiger partial charge in [0, 0.05) is 19.3 Å². The topological polar surface area (TPSA) is 231 Å². The van der Waals surface area contributed by atoms with Gasteiger partial charge in [-0.3, -0.25) is 32.5 Å². The molecule has 0 radical (unpaired) electrons. The monoisotopic (exact) mass is 1240 g/mol. The van der Waals surface area contributed by atoms with Crippen molar-refractivity contribution in [2.75, 3.05) is 39.6 Å². The molecule has 0 aromatic carbocycles. The van der Waals surface area contributed by atoms with E-state index < -0.39 is 91.5 Å². The summed E-state index contributed by atoms with van der Waals surface area (Å²) in [5.74, 6) is -1.60. The Morgan fingerprint density at radius 3 is 0.988 bits per heavy atom. The predicted octanol–water partition coefficient (Wildman–Crippen LogP) is 17.5. The van der Waals surface area contributed by atoms with Crippen LogP contribution in [0.4, 0.5) is 0 Å². The summed E-state index contributed by atoms with van der Waals surface area (Å²) >= 11 is 0. The number of carbonyl (C=O) groups is 3. The average molecular weight is 1240 g/mol. The fourth-order valence-electron chi connectivity index (χ4n) is 8.38. The zero-order valence-electron chi connectivity index (χ0n) is 52.8. The summed E-state index contributed by atoms with van der Waals surface area (Å²) in [6.07, 6.45) is 64.7. The molecule has 0 rings (SSSR count). The maximum absolute atomic E-state index is 12.9. The Kier molecular flexibility index (Phi) is 58.2. The molecule has 5 atom stereocenters. The van der Waals surface area contributed by atoms with E-state index >= 15 is 0 Å². The lowest BCUT2D eigenvalue weighted by Gasteiger charge is -2.21. The molecule has 0 amide bonds. The van der Waals surface area contributed by atoms with Gasteiger partial charge in [-0.2, -0.15) is 0 Å². The van der Waals surface area contributed by atoms with Crippen LogP contribution in [0.3, 0.4) is 0 Å². The number of aliphatic hydroxyl groups excluding tert-OH is 2. The number of esters is 3. The fourth-order valence-corrected chi connectivity index (χ4v) is 9.96. The Balaban J connectivity index is 4.60. The van der Waals surface area contributed by atoms with Gasteiger partial charge in [-0.05, 0) is 96.3 Å².